The minimum Gasteiger partial charge on any atom is -0.317 e. The average Bonchev–Trinajstić information content (AvgIpc) is 2.99. The van der Waals surface area contributed by atoms with Crippen LogP contribution >= 0.6 is 12.4 Å². The van der Waals surface area contributed by atoms with E-state index in [1.165, 1.54) is 5.56 Å². The maximum atomic E-state index is 12.7. The molecule has 0 aliphatic carbocycles. The van der Waals surface area contributed by atoms with Crippen molar-refractivity contribution < 1.29 is 4.79 Å². The van der Waals surface area contributed by atoms with E-state index in [4.69, 9.17) is 5.10 Å². The molecule has 2 N–H and O–H groups in total. The summed E-state index contributed by atoms with van der Waals surface area (Å²) in [5, 5.41) is 11.2. The minimum atomic E-state index is -0.0594. The molecule has 5 nitrogen and oxygen atoms in total. The van der Waals surface area contributed by atoms with Gasteiger partial charge >= 0.3 is 0 Å². The molecule has 0 saturated carbocycles. The van der Waals surface area contributed by atoms with Gasteiger partial charge < -0.3 is 10.6 Å². The van der Waals surface area contributed by atoms with Crippen LogP contribution in [0.5, 0.6) is 0 Å². The van der Waals surface area contributed by atoms with Crippen LogP contribution in [-0.4, -0.2) is 28.8 Å². The summed E-state index contributed by atoms with van der Waals surface area (Å²) in [6, 6.07) is 12.2. The van der Waals surface area contributed by atoms with Gasteiger partial charge in [0, 0.05) is 17.4 Å². The molecule has 0 radical (unpaired) electrons. The number of nitrogens with zero attached hydrogens (tertiary/aromatic N) is 2. The summed E-state index contributed by atoms with van der Waals surface area (Å²) in [6.45, 7) is 8.89. The molecular formula is C20H29ClN4O. The van der Waals surface area contributed by atoms with Crippen molar-refractivity contribution in [1.82, 2.24) is 15.1 Å². The number of benzene rings is 1. The SMILES string of the molecule is CC(C)(C)c1cc(NC(=O)C2CCNCC2)n(Cc2ccccc2)n1.Cl. The third-order valence-corrected chi connectivity index (χ3v) is 4.68. The number of piperidine rings is 1. The zero-order valence-corrected chi connectivity index (χ0v) is 16.6. The van der Waals surface area contributed by atoms with E-state index in [2.05, 4.69) is 43.5 Å². The summed E-state index contributed by atoms with van der Waals surface area (Å²) < 4.78 is 1.91. The molecule has 0 unspecified atom stereocenters. The molecule has 0 atom stereocenters. The Morgan fingerprint density at radius 1 is 1.23 bits per heavy atom. The van der Waals surface area contributed by atoms with Gasteiger partial charge in [-0.25, -0.2) is 4.68 Å². The highest BCUT2D eigenvalue weighted by atomic mass is 35.5. The first-order valence-corrected chi connectivity index (χ1v) is 9.07. The predicted octanol–water partition coefficient (Wildman–Crippen LogP) is 3.59. The lowest BCUT2D eigenvalue weighted by Gasteiger charge is -2.21. The van der Waals surface area contributed by atoms with Crippen LogP contribution in [0, 0.1) is 5.92 Å². The van der Waals surface area contributed by atoms with Crippen molar-refractivity contribution in [2.24, 2.45) is 5.92 Å². The Kier molecular flexibility index (Phi) is 6.84. The van der Waals surface area contributed by atoms with Crippen LogP contribution in [-0.2, 0) is 16.8 Å². The number of carbonyl (C=O) groups is 1. The lowest BCUT2D eigenvalue weighted by Crippen LogP contribution is -2.35. The molecule has 1 aromatic heterocycles. The molecule has 1 saturated heterocycles. The highest BCUT2D eigenvalue weighted by Gasteiger charge is 2.24. The van der Waals surface area contributed by atoms with Gasteiger partial charge in [-0.15, -0.1) is 12.4 Å². The van der Waals surface area contributed by atoms with E-state index in [9.17, 15) is 4.79 Å². The second kappa shape index (κ2) is 8.69. The molecule has 2 aromatic rings. The third-order valence-electron chi connectivity index (χ3n) is 4.68. The van der Waals surface area contributed by atoms with E-state index >= 15 is 0 Å². The lowest BCUT2D eigenvalue weighted by molar-refractivity contribution is -0.120. The van der Waals surface area contributed by atoms with Crippen molar-refractivity contribution in [2.75, 3.05) is 18.4 Å². The number of hydrogen-bond acceptors (Lipinski definition) is 3. The van der Waals surface area contributed by atoms with Gasteiger partial charge in [0.2, 0.25) is 5.91 Å². The second-order valence-corrected chi connectivity index (χ2v) is 7.82. The fourth-order valence-corrected chi connectivity index (χ4v) is 3.07. The van der Waals surface area contributed by atoms with Gasteiger partial charge in [0.15, 0.2) is 0 Å². The van der Waals surface area contributed by atoms with Crippen LogP contribution < -0.4 is 10.6 Å². The Morgan fingerprint density at radius 2 is 1.88 bits per heavy atom. The summed E-state index contributed by atoms with van der Waals surface area (Å²) in [4.78, 5) is 12.7. The van der Waals surface area contributed by atoms with E-state index in [1.54, 1.807) is 0 Å². The van der Waals surface area contributed by atoms with Crippen molar-refractivity contribution in [2.45, 2.75) is 45.6 Å². The first-order chi connectivity index (χ1) is 11.9. The highest BCUT2D eigenvalue weighted by molar-refractivity contribution is 5.92. The van der Waals surface area contributed by atoms with Crippen LogP contribution in [0.3, 0.4) is 0 Å². The largest absolute Gasteiger partial charge is 0.317 e. The highest BCUT2D eigenvalue weighted by Crippen LogP contribution is 2.25. The zero-order valence-electron chi connectivity index (χ0n) is 15.8. The normalized spacial score (nSPS) is 15.3. The number of carbonyl (C=O) groups excluding carboxylic acids is 1. The number of hydrogen-bond donors (Lipinski definition) is 2. The van der Waals surface area contributed by atoms with Gasteiger partial charge in [-0.3, -0.25) is 4.79 Å². The lowest BCUT2D eigenvalue weighted by atomic mass is 9.92. The van der Waals surface area contributed by atoms with Gasteiger partial charge in [0.1, 0.15) is 5.82 Å². The van der Waals surface area contributed by atoms with Gasteiger partial charge in [0.25, 0.3) is 0 Å². The molecule has 2 heterocycles. The first-order valence-electron chi connectivity index (χ1n) is 9.07. The van der Waals surface area contributed by atoms with Crippen molar-refractivity contribution in [3.8, 4) is 0 Å². The van der Waals surface area contributed by atoms with Gasteiger partial charge in [-0.1, -0.05) is 51.1 Å². The standard InChI is InChI=1S/C20H28N4O.ClH/c1-20(2,3)17-13-18(22-19(25)16-9-11-21-12-10-16)24(23-17)14-15-7-5-4-6-8-15;/h4-8,13,16,21H,9-12,14H2,1-3H3,(H,22,25);1H. The molecule has 6 heteroatoms. The van der Waals surface area contributed by atoms with Crippen molar-refractivity contribution in [3.63, 3.8) is 0 Å². The molecule has 1 aromatic carbocycles. The smallest absolute Gasteiger partial charge is 0.228 e. The molecule has 3 rings (SSSR count). The fourth-order valence-electron chi connectivity index (χ4n) is 3.07. The molecular weight excluding hydrogens is 348 g/mol. The monoisotopic (exact) mass is 376 g/mol. The Balaban J connectivity index is 0.00000243. The van der Waals surface area contributed by atoms with E-state index in [1.807, 2.05) is 28.9 Å². The Labute approximate surface area is 162 Å². The van der Waals surface area contributed by atoms with Gasteiger partial charge in [-0.2, -0.15) is 5.10 Å². The van der Waals surface area contributed by atoms with Crippen LogP contribution in [0.1, 0.15) is 44.9 Å². The number of aromatic nitrogens is 2. The maximum Gasteiger partial charge on any atom is 0.228 e. The summed E-state index contributed by atoms with van der Waals surface area (Å²) in [6.07, 6.45) is 1.79. The van der Waals surface area contributed by atoms with Gasteiger partial charge in [0.05, 0.1) is 12.2 Å². The molecule has 142 valence electrons. The van der Waals surface area contributed by atoms with E-state index in [-0.39, 0.29) is 29.6 Å². The van der Waals surface area contributed by atoms with Crippen LogP contribution in [0.15, 0.2) is 36.4 Å². The molecule has 1 aliphatic heterocycles. The summed E-state index contributed by atoms with van der Waals surface area (Å²) in [7, 11) is 0. The number of rotatable bonds is 4. The van der Waals surface area contributed by atoms with Crippen LogP contribution in [0.25, 0.3) is 0 Å². The minimum absolute atomic E-state index is 0. The van der Waals surface area contributed by atoms with E-state index < -0.39 is 0 Å². The summed E-state index contributed by atoms with van der Waals surface area (Å²) in [5.41, 5.74) is 2.10. The van der Waals surface area contributed by atoms with E-state index in [0.717, 1.165) is 37.4 Å². The van der Waals surface area contributed by atoms with Crippen molar-refractivity contribution in [1.29, 1.82) is 0 Å². The summed E-state index contributed by atoms with van der Waals surface area (Å²) >= 11 is 0. The molecule has 0 bridgehead atoms. The number of nitrogens with one attached hydrogen (secondary N) is 2. The molecule has 0 spiro atoms. The topological polar surface area (TPSA) is 59.0 Å². The van der Waals surface area contributed by atoms with Crippen molar-refractivity contribution >= 4 is 24.1 Å². The number of halogens is 1. The van der Waals surface area contributed by atoms with Crippen molar-refractivity contribution in [3.05, 3.63) is 47.7 Å². The first kappa shape index (κ1) is 20.5. The Bertz CT molecular complexity index is 715. The molecule has 1 aliphatic rings. The Hall–Kier alpha value is -1.85. The fraction of sp³-hybridized carbons (Fsp3) is 0.500. The zero-order chi connectivity index (χ0) is 17.9. The molecule has 1 fully saturated rings. The predicted molar refractivity (Wildman–Crippen MR) is 108 cm³/mol. The third kappa shape index (κ3) is 5.08. The van der Waals surface area contributed by atoms with Gasteiger partial charge in [-0.05, 0) is 31.5 Å². The quantitative estimate of drug-likeness (QED) is 0.857. The second-order valence-electron chi connectivity index (χ2n) is 7.82. The summed E-state index contributed by atoms with van der Waals surface area (Å²) in [5.74, 6) is 0.980. The number of anilines is 1. The maximum absolute atomic E-state index is 12.7. The van der Waals surface area contributed by atoms with E-state index in [0.29, 0.717) is 6.54 Å². The molecule has 1 amide bonds. The van der Waals surface area contributed by atoms with Crippen LogP contribution in [0.4, 0.5) is 5.82 Å². The average molecular weight is 377 g/mol. The number of amides is 1. The molecule has 26 heavy (non-hydrogen) atoms. The Morgan fingerprint density at radius 3 is 2.50 bits per heavy atom. The van der Waals surface area contributed by atoms with Crippen LogP contribution in [0.2, 0.25) is 0 Å².